The van der Waals surface area contributed by atoms with E-state index >= 15 is 0 Å². The summed E-state index contributed by atoms with van der Waals surface area (Å²) in [5.74, 6) is -0.262. The molecule has 0 saturated carbocycles. The van der Waals surface area contributed by atoms with Crippen LogP contribution in [0.15, 0.2) is 59.5 Å². The van der Waals surface area contributed by atoms with Crippen molar-refractivity contribution in [1.82, 2.24) is 9.78 Å². The summed E-state index contributed by atoms with van der Waals surface area (Å²) >= 11 is 0. The van der Waals surface area contributed by atoms with E-state index in [4.69, 9.17) is 0 Å². The molecule has 0 unspecified atom stereocenters. The fraction of sp³-hybridized carbons (Fsp3) is 0.167. The minimum Gasteiger partial charge on any atom is -0.433 e. The number of rotatable bonds is 6. The zero-order valence-corrected chi connectivity index (χ0v) is 15.4. The number of hydrogen-bond acceptors (Lipinski definition) is 4. The summed E-state index contributed by atoms with van der Waals surface area (Å²) in [5, 5.41) is 4.31. The maximum atomic E-state index is 12.9. The van der Waals surface area contributed by atoms with Crippen LogP contribution in [-0.2, 0) is 10.0 Å². The molecule has 0 radical (unpaired) electrons. The molecule has 0 aliphatic carbocycles. The number of benzene rings is 2. The van der Waals surface area contributed by atoms with Crippen LogP contribution in [0.1, 0.15) is 11.4 Å². The second-order valence-electron chi connectivity index (χ2n) is 5.73. The highest BCUT2D eigenvalue weighted by Crippen LogP contribution is 2.30. The Labute approximate surface area is 155 Å². The first-order chi connectivity index (χ1) is 12.8. The summed E-state index contributed by atoms with van der Waals surface area (Å²) in [6.07, 6.45) is 0. The highest BCUT2D eigenvalue weighted by molar-refractivity contribution is 7.92. The average Bonchev–Trinajstić information content (AvgIpc) is 2.92. The molecule has 27 heavy (non-hydrogen) atoms. The maximum Gasteiger partial charge on any atom is 0.387 e. The van der Waals surface area contributed by atoms with Crippen molar-refractivity contribution in [2.24, 2.45) is 0 Å². The van der Waals surface area contributed by atoms with Gasteiger partial charge in [-0.15, -0.1) is 0 Å². The zero-order chi connectivity index (χ0) is 19.6. The van der Waals surface area contributed by atoms with Crippen LogP contribution in [-0.4, -0.2) is 24.8 Å². The molecule has 0 fully saturated rings. The zero-order valence-electron chi connectivity index (χ0n) is 14.6. The van der Waals surface area contributed by atoms with Gasteiger partial charge in [0.05, 0.1) is 22.8 Å². The first-order valence-electron chi connectivity index (χ1n) is 7.98. The van der Waals surface area contributed by atoms with Crippen molar-refractivity contribution in [2.75, 3.05) is 4.72 Å². The third kappa shape index (κ3) is 3.92. The van der Waals surface area contributed by atoms with E-state index in [1.165, 1.54) is 28.9 Å². The number of anilines is 1. The van der Waals surface area contributed by atoms with Crippen LogP contribution < -0.4 is 9.46 Å². The molecule has 0 aliphatic heterocycles. The van der Waals surface area contributed by atoms with Crippen LogP contribution in [0.2, 0.25) is 0 Å². The second kappa shape index (κ2) is 7.36. The molecule has 1 aromatic heterocycles. The minimum absolute atomic E-state index is 0.0156. The highest BCUT2D eigenvalue weighted by atomic mass is 32.2. The number of aryl methyl sites for hydroxylation is 1. The Bertz CT molecular complexity index is 1050. The molecule has 3 rings (SSSR count). The van der Waals surface area contributed by atoms with Gasteiger partial charge in [-0.2, -0.15) is 13.9 Å². The van der Waals surface area contributed by atoms with Gasteiger partial charge in [0.1, 0.15) is 10.6 Å². The lowest BCUT2D eigenvalue weighted by Crippen LogP contribution is -2.16. The van der Waals surface area contributed by atoms with E-state index in [2.05, 4.69) is 14.6 Å². The lowest BCUT2D eigenvalue weighted by Gasteiger charge is -2.13. The van der Waals surface area contributed by atoms with E-state index in [0.29, 0.717) is 11.4 Å². The Balaban J connectivity index is 2.01. The molecule has 3 aromatic rings. The third-order valence-electron chi connectivity index (χ3n) is 3.84. The summed E-state index contributed by atoms with van der Waals surface area (Å²) in [6, 6.07) is 14.7. The molecule has 0 saturated heterocycles. The van der Waals surface area contributed by atoms with Crippen molar-refractivity contribution in [3.8, 4) is 11.4 Å². The Morgan fingerprint density at radius 2 is 1.67 bits per heavy atom. The Kier molecular flexibility index (Phi) is 5.13. The van der Waals surface area contributed by atoms with E-state index in [9.17, 15) is 17.2 Å². The van der Waals surface area contributed by atoms with Gasteiger partial charge in [-0.25, -0.2) is 13.1 Å². The van der Waals surface area contributed by atoms with Crippen molar-refractivity contribution < 1.29 is 21.9 Å². The maximum absolute atomic E-state index is 12.9. The normalized spacial score (nSPS) is 11.6. The number of nitrogens with zero attached hydrogens (tertiary/aromatic N) is 2. The Morgan fingerprint density at radius 3 is 2.33 bits per heavy atom. The molecule has 2 aromatic carbocycles. The van der Waals surface area contributed by atoms with Crippen molar-refractivity contribution >= 4 is 15.7 Å². The lowest BCUT2D eigenvalue weighted by molar-refractivity contribution is -0.0493. The van der Waals surface area contributed by atoms with Gasteiger partial charge < -0.3 is 4.74 Å². The van der Waals surface area contributed by atoms with Gasteiger partial charge in [0.2, 0.25) is 0 Å². The fourth-order valence-electron chi connectivity index (χ4n) is 2.78. The molecule has 0 atom stereocenters. The van der Waals surface area contributed by atoms with Crippen molar-refractivity contribution in [3.63, 3.8) is 0 Å². The van der Waals surface area contributed by atoms with Gasteiger partial charge in [0.25, 0.3) is 10.0 Å². The minimum atomic E-state index is -4.08. The number of halogens is 2. The Morgan fingerprint density at radius 1 is 1.04 bits per heavy atom. The summed E-state index contributed by atoms with van der Waals surface area (Å²) < 4.78 is 59.2. The third-order valence-corrected chi connectivity index (χ3v) is 5.46. The van der Waals surface area contributed by atoms with Crippen molar-refractivity contribution in [1.29, 1.82) is 0 Å². The van der Waals surface area contributed by atoms with E-state index < -0.39 is 16.6 Å². The van der Waals surface area contributed by atoms with Crippen LogP contribution in [0.25, 0.3) is 5.69 Å². The molecule has 0 bridgehead atoms. The largest absolute Gasteiger partial charge is 0.433 e. The molecule has 1 heterocycles. The molecule has 0 spiro atoms. The average molecular weight is 393 g/mol. The first-order valence-corrected chi connectivity index (χ1v) is 9.46. The topological polar surface area (TPSA) is 73.2 Å². The van der Waals surface area contributed by atoms with Gasteiger partial charge >= 0.3 is 6.61 Å². The molecule has 0 amide bonds. The number of nitrogens with one attached hydrogen (secondary N) is 1. The smallest absolute Gasteiger partial charge is 0.387 e. The molecular formula is C18H17F2N3O3S. The Hall–Kier alpha value is -2.94. The molecular weight excluding hydrogens is 376 g/mol. The molecule has 142 valence electrons. The number of ether oxygens (including phenoxy) is 1. The quantitative estimate of drug-likeness (QED) is 0.690. The van der Waals surface area contributed by atoms with E-state index in [1.807, 2.05) is 18.2 Å². The molecule has 0 aliphatic rings. The summed E-state index contributed by atoms with van der Waals surface area (Å²) in [5.41, 5.74) is 1.32. The number of sulfonamides is 1. The summed E-state index contributed by atoms with van der Waals surface area (Å²) in [7, 11) is -4.08. The SMILES string of the molecule is Cc1nn(-c2ccccc2)c(C)c1S(=O)(=O)Nc1ccccc1OC(F)F. The molecule has 6 nitrogen and oxygen atoms in total. The van der Waals surface area contributed by atoms with Gasteiger partial charge in [-0.3, -0.25) is 4.72 Å². The van der Waals surface area contributed by atoms with E-state index in [1.54, 1.807) is 26.0 Å². The second-order valence-corrected chi connectivity index (χ2v) is 7.35. The first kappa shape index (κ1) is 18.8. The van der Waals surface area contributed by atoms with Gasteiger partial charge in [-0.1, -0.05) is 30.3 Å². The number of alkyl halides is 2. The van der Waals surface area contributed by atoms with Crippen LogP contribution in [0, 0.1) is 13.8 Å². The van der Waals surface area contributed by atoms with E-state index in [-0.39, 0.29) is 22.0 Å². The van der Waals surface area contributed by atoms with Gasteiger partial charge in [0.15, 0.2) is 0 Å². The van der Waals surface area contributed by atoms with Crippen LogP contribution >= 0.6 is 0 Å². The lowest BCUT2D eigenvalue weighted by atomic mass is 10.3. The number of para-hydroxylation sites is 3. The standard InChI is InChI=1S/C18H17F2N3O3S/c1-12-17(13(2)23(21-12)14-8-4-3-5-9-14)27(24,25)22-15-10-6-7-11-16(15)26-18(19)20/h3-11,18,22H,1-2H3. The molecule has 9 heteroatoms. The fourth-order valence-corrected chi connectivity index (χ4v) is 4.25. The number of aromatic nitrogens is 2. The van der Waals surface area contributed by atoms with E-state index in [0.717, 1.165) is 0 Å². The van der Waals surface area contributed by atoms with Gasteiger partial charge in [-0.05, 0) is 38.1 Å². The number of hydrogen-bond donors (Lipinski definition) is 1. The van der Waals surface area contributed by atoms with Crippen LogP contribution in [0.5, 0.6) is 5.75 Å². The summed E-state index contributed by atoms with van der Waals surface area (Å²) in [6.45, 7) is 0.131. The van der Waals surface area contributed by atoms with Crippen LogP contribution in [0.4, 0.5) is 14.5 Å². The predicted molar refractivity (Wildman–Crippen MR) is 96.9 cm³/mol. The van der Waals surface area contributed by atoms with Crippen molar-refractivity contribution in [2.45, 2.75) is 25.4 Å². The predicted octanol–water partition coefficient (Wildman–Crippen LogP) is 3.89. The van der Waals surface area contributed by atoms with Crippen LogP contribution in [0.3, 0.4) is 0 Å². The highest BCUT2D eigenvalue weighted by Gasteiger charge is 2.26. The molecule has 1 N–H and O–H groups in total. The summed E-state index contributed by atoms with van der Waals surface area (Å²) in [4.78, 5) is -0.0156. The van der Waals surface area contributed by atoms with Crippen molar-refractivity contribution in [3.05, 3.63) is 66.0 Å². The monoisotopic (exact) mass is 393 g/mol. The van der Waals surface area contributed by atoms with Gasteiger partial charge in [0, 0.05) is 0 Å².